The molecule has 0 amide bonds. The first kappa shape index (κ1) is 21.8. The molecular weight excluding hydrogens is 350 g/mol. The number of hydrogen-bond donors (Lipinski definition) is 2. The van der Waals surface area contributed by atoms with E-state index in [2.05, 4.69) is 45.0 Å². The number of phenolic OH excluding ortho intramolecular Hbond substituents is 2. The number of nitrogens with zero attached hydrogens (tertiary/aromatic N) is 1. The molecule has 1 aromatic heterocycles. The predicted molar refractivity (Wildman–Crippen MR) is 115 cm³/mol. The first-order valence-corrected chi connectivity index (χ1v) is 10.2. The molecule has 1 heterocycles. The summed E-state index contributed by atoms with van der Waals surface area (Å²) in [6.07, 6.45) is 12.3. The minimum Gasteiger partial charge on any atom is -0.508 e. The highest BCUT2D eigenvalue weighted by Gasteiger charge is 2.20. The number of aromatic hydroxyl groups is 2. The van der Waals surface area contributed by atoms with Crippen LogP contribution < -0.4 is 0 Å². The van der Waals surface area contributed by atoms with E-state index in [1.54, 1.807) is 18.3 Å². The number of allylic oxidation sites excluding steroid dienone is 4. The van der Waals surface area contributed by atoms with Gasteiger partial charge in [0.05, 0.1) is 11.8 Å². The number of rotatable bonds is 10. The van der Waals surface area contributed by atoms with Gasteiger partial charge in [-0.05, 0) is 64.5 Å². The van der Waals surface area contributed by atoms with E-state index in [1.165, 1.54) is 11.1 Å². The van der Waals surface area contributed by atoms with Gasteiger partial charge in [0.1, 0.15) is 11.5 Å². The molecule has 152 valence electrons. The van der Waals surface area contributed by atoms with E-state index in [9.17, 15) is 10.2 Å². The molecule has 1 aromatic carbocycles. The lowest BCUT2D eigenvalue weighted by Gasteiger charge is -2.15. The summed E-state index contributed by atoms with van der Waals surface area (Å²) in [5, 5.41) is 25.3. The van der Waals surface area contributed by atoms with Gasteiger partial charge in [0.2, 0.25) is 0 Å². The summed E-state index contributed by atoms with van der Waals surface area (Å²) in [5.74, 6) is 0.770. The molecule has 2 N–H and O–H groups in total. The van der Waals surface area contributed by atoms with Crippen LogP contribution in [0.3, 0.4) is 0 Å². The second-order valence-electron chi connectivity index (χ2n) is 7.67. The third-order valence-electron chi connectivity index (χ3n) is 4.94. The lowest BCUT2D eigenvalue weighted by Crippen LogP contribution is -1.96. The average molecular weight is 384 g/mol. The Hall–Kier alpha value is -2.49. The Kier molecular flexibility index (Phi) is 8.37. The molecule has 0 radical (unpaired) electrons. The highest BCUT2D eigenvalue weighted by atomic mass is 16.5. The Morgan fingerprint density at radius 3 is 2.57 bits per heavy atom. The van der Waals surface area contributed by atoms with Crippen LogP contribution in [0.5, 0.6) is 11.5 Å². The smallest absolute Gasteiger partial charge is 0.170 e. The fourth-order valence-electron chi connectivity index (χ4n) is 3.30. The lowest BCUT2D eigenvalue weighted by atomic mass is 9.93. The van der Waals surface area contributed by atoms with Crippen molar-refractivity contribution in [3.8, 4) is 22.8 Å². The molecule has 0 atom stereocenters. The van der Waals surface area contributed by atoms with Crippen LogP contribution >= 0.6 is 0 Å². The van der Waals surface area contributed by atoms with Gasteiger partial charge < -0.3 is 14.7 Å². The largest absolute Gasteiger partial charge is 0.508 e. The number of aromatic nitrogens is 1. The van der Waals surface area contributed by atoms with E-state index in [0.29, 0.717) is 23.3 Å². The summed E-state index contributed by atoms with van der Waals surface area (Å²) in [5.41, 5.74) is 4.64. The normalized spacial score (nSPS) is 11.6. The van der Waals surface area contributed by atoms with E-state index in [-0.39, 0.29) is 11.5 Å². The Labute approximate surface area is 168 Å². The van der Waals surface area contributed by atoms with Crippen molar-refractivity contribution in [1.82, 2.24) is 5.16 Å². The van der Waals surface area contributed by atoms with Crippen LogP contribution in [0.25, 0.3) is 11.3 Å². The summed E-state index contributed by atoms with van der Waals surface area (Å²) >= 11 is 0. The van der Waals surface area contributed by atoms with Crippen molar-refractivity contribution < 1.29 is 14.7 Å². The number of hydrogen-bond acceptors (Lipinski definition) is 4. The summed E-state index contributed by atoms with van der Waals surface area (Å²) in [6, 6.07) is 3.52. The third-order valence-corrected chi connectivity index (χ3v) is 4.94. The molecule has 2 rings (SSSR count). The molecule has 0 fully saturated rings. The Morgan fingerprint density at radius 2 is 1.93 bits per heavy atom. The molecule has 4 nitrogen and oxygen atoms in total. The first-order chi connectivity index (χ1) is 13.4. The number of aryl methyl sites for hydroxylation is 1. The van der Waals surface area contributed by atoms with Crippen molar-refractivity contribution in [1.29, 1.82) is 0 Å². The first-order valence-electron chi connectivity index (χ1n) is 10.2. The van der Waals surface area contributed by atoms with Crippen molar-refractivity contribution in [3.63, 3.8) is 0 Å². The minimum atomic E-state index is 0.0941. The van der Waals surface area contributed by atoms with E-state index < -0.39 is 0 Å². The van der Waals surface area contributed by atoms with Crippen LogP contribution in [0, 0.1) is 0 Å². The van der Waals surface area contributed by atoms with Gasteiger partial charge in [-0.25, -0.2) is 0 Å². The van der Waals surface area contributed by atoms with Crippen molar-refractivity contribution >= 4 is 0 Å². The fraction of sp³-hybridized carbons (Fsp3) is 0.458. The lowest BCUT2D eigenvalue weighted by molar-refractivity contribution is 0.419. The molecule has 0 aliphatic rings. The van der Waals surface area contributed by atoms with Gasteiger partial charge in [-0.2, -0.15) is 0 Å². The van der Waals surface area contributed by atoms with Crippen molar-refractivity contribution in [2.75, 3.05) is 0 Å². The molecule has 0 saturated heterocycles. The summed E-state index contributed by atoms with van der Waals surface area (Å²) in [6.45, 7) is 8.44. The average Bonchev–Trinajstić information content (AvgIpc) is 3.15. The highest BCUT2D eigenvalue weighted by Crippen LogP contribution is 2.41. The van der Waals surface area contributed by atoms with Crippen LogP contribution in [-0.2, 0) is 12.8 Å². The van der Waals surface area contributed by atoms with Gasteiger partial charge in [-0.1, -0.05) is 48.2 Å². The molecule has 4 heteroatoms. The van der Waals surface area contributed by atoms with E-state index >= 15 is 0 Å². The minimum absolute atomic E-state index is 0.0941. The number of unbranched alkanes of at least 4 members (excludes halogenated alkanes) is 2. The number of phenols is 2. The molecule has 28 heavy (non-hydrogen) atoms. The quantitative estimate of drug-likeness (QED) is 0.353. The zero-order valence-corrected chi connectivity index (χ0v) is 17.6. The summed E-state index contributed by atoms with van der Waals surface area (Å²) in [4.78, 5) is 0. The van der Waals surface area contributed by atoms with Crippen LogP contribution in [-0.4, -0.2) is 15.4 Å². The van der Waals surface area contributed by atoms with E-state index in [4.69, 9.17) is 4.52 Å². The van der Waals surface area contributed by atoms with Gasteiger partial charge >= 0.3 is 0 Å². The molecule has 0 bridgehead atoms. The molecule has 0 spiro atoms. The van der Waals surface area contributed by atoms with Gasteiger partial charge in [-0.15, -0.1) is 0 Å². The third kappa shape index (κ3) is 6.01. The zero-order valence-electron chi connectivity index (χ0n) is 17.6. The molecule has 0 unspecified atom stereocenters. The fourth-order valence-corrected chi connectivity index (χ4v) is 3.30. The van der Waals surface area contributed by atoms with Gasteiger partial charge in [0.15, 0.2) is 5.76 Å². The maximum absolute atomic E-state index is 11.0. The predicted octanol–water partition coefficient (Wildman–Crippen LogP) is 6.72. The standard InChI is InChI=1S/C24H33NO3/c1-5-6-7-11-19-16-21(26)20(13-12-18(4)10-8-9-17(2)3)24(27)23(19)22-14-15-25-28-22/h9,12,14-16,26-27H,5-8,10-11,13H2,1-4H3. The van der Waals surface area contributed by atoms with Crippen molar-refractivity contribution in [2.45, 2.75) is 72.6 Å². The molecule has 0 saturated carbocycles. The summed E-state index contributed by atoms with van der Waals surface area (Å²) < 4.78 is 5.33. The van der Waals surface area contributed by atoms with E-state index in [1.807, 2.05) is 0 Å². The van der Waals surface area contributed by atoms with Gasteiger partial charge in [0.25, 0.3) is 0 Å². The van der Waals surface area contributed by atoms with Gasteiger partial charge in [0, 0.05) is 11.6 Å². The Bertz CT molecular complexity index is 813. The molecular formula is C24H33NO3. The van der Waals surface area contributed by atoms with Crippen molar-refractivity contribution in [2.24, 2.45) is 0 Å². The van der Waals surface area contributed by atoms with Crippen LogP contribution in [0.2, 0.25) is 0 Å². The molecule has 0 aliphatic heterocycles. The Morgan fingerprint density at radius 1 is 1.14 bits per heavy atom. The SMILES string of the molecule is CCCCCc1cc(O)c(CC=C(C)CCC=C(C)C)c(O)c1-c1ccno1. The Balaban J connectivity index is 2.30. The molecule has 0 aliphatic carbocycles. The van der Waals surface area contributed by atoms with Gasteiger partial charge in [-0.3, -0.25) is 0 Å². The maximum atomic E-state index is 11.0. The second kappa shape index (κ2) is 10.7. The zero-order chi connectivity index (χ0) is 20.5. The van der Waals surface area contributed by atoms with Crippen LogP contribution in [0.15, 0.2) is 46.2 Å². The molecule has 2 aromatic rings. The van der Waals surface area contributed by atoms with Crippen LogP contribution in [0.1, 0.15) is 70.9 Å². The topological polar surface area (TPSA) is 66.5 Å². The summed E-state index contributed by atoms with van der Waals surface area (Å²) in [7, 11) is 0. The highest BCUT2D eigenvalue weighted by molar-refractivity contribution is 5.74. The number of benzene rings is 1. The second-order valence-corrected chi connectivity index (χ2v) is 7.67. The van der Waals surface area contributed by atoms with Crippen LogP contribution in [0.4, 0.5) is 0 Å². The van der Waals surface area contributed by atoms with Crippen molar-refractivity contribution in [3.05, 3.63) is 52.8 Å². The van der Waals surface area contributed by atoms with E-state index in [0.717, 1.165) is 44.1 Å². The monoisotopic (exact) mass is 383 g/mol. The maximum Gasteiger partial charge on any atom is 0.170 e.